The number of hydrogen-bond donors (Lipinski definition) is 6. The average Bonchev–Trinajstić information content (AvgIpc) is 3.79. The van der Waals surface area contributed by atoms with Gasteiger partial charge in [0, 0.05) is 11.3 Å². The van der Waals surface area contributed by atoms with Gasteiger partial charge in [-0.15, -0.1) is 0 Å². The number of piperidine rings is 1. The van der Waals surface area contributed by atoms with Gasteiger partial charge in [0.05, 0.1) is 29.1 Å². The molecule has 0 spiro atoms. The Hall–Kier alpha value is -0.870. The summed E-state index contributed by atoms with van der Waals surface area (Å²) in [5.74, 6) is 0.427. The van der Waals surface area contributed by atoms with Crippen molar-refractivity contribution in [2.75, 3.05) is 6.54 Å². The zero-order valence-electron chi connectivity index (χ0n) is 30.0. The van der Waals surface area contributed by atoms with Gasteiger partial charge in [0.25, 0.3) is 0 Å². The molecule has 5 aliphatic carbocycles. The van der Waals surface area contributed by atoms with Crippen molar-refractivity contribution in [2.24, 2.45) is 51.6 Å². The Morgan fingerprint density at radius 3 is 2.43 bits per heavy atom. The number of nitrogens with one attached hydrogen (secondary N) is 1. The molecule has 2 unspecified atom stereocenters. The van der Waals surface area contributed by atoms with Gasteiger partial charge in [-0.1, -0.05) is 41.0 Å². The Labute approximate surface area is 282 Å². The van der Waals surface area contributed by atoms with Crippen LogP contribution in [0.1, 0.15) is 131 Å². The molecule has 7 rings (SSSR count). The molecule has 0 radical (unpaired) electrons. The Morgan fingerprint density at radius 2 is 1.72 bits per heavy atom. The van der Waals surface area contributed by atoms with Crippen LogP contribution in [0.25, 0.3) is 0 Å². The molecule has 8 nitrogen and oxygen atoms in total. The second-order valence-corrected chi connectivity index (χ2v) is 18.8. The lowest BCUT2D eigenvalue weighted by molar-refractivity contribution is -0.168. The summed E-state index contributed by atoms with van der Waals surface area (Å²) in [6.45, 7) is 13.6. The standard InChI is InChI=1S/C39H64N2O6/c1-7-14-38(45,33-32(47-33)37(6,44)34(2,3)15-10-22-13-18-41-29(40)19-22)28-20-23-8-9-25-30-26(12-17-36(28,5)39(23,30)46)35(4)16-11-24(42)21-27(35)31(25)43/h22-24,26-29,32-33,41-42,44-46H,7-21,40H2,1-6H3/t22?,23-,24+,26+,27+,28-,29?,32+,33-,35+,36-,37+,38-,39-/m1/s1. The monoisotopic (exact) mass is 656 g/mol. The fourth-order valence-corrected chi connectivity index (χ4v) is 12.8. The van der Waals surface area contributed by atoms with Crippen LogP contribution in [0.15, 0.2) is 11.1 Å². The number of rotatable bonds is 9. The maximum Gasteiger partial charge on any atom is 0.162 e. The number of aliphatic hydroxyl groups excluding tert-OH is 1. The van der Waals surface area contributed by atoms with Crippen molar-refractivity contribution >= 4 is 5.78 Å². The summed E-state index contributed by atoms with van der Waals surface area (Å²) in [7, 11) is 0. The fraction of sp³-hybridized carbons (Fsp3) is 0.923. The summed E-state index contributed by atoms with van der Waals surface area (Å²) in [5.41, 5.74) is 3.26. The highest BCUT2D eigenvalue weighted by Crippen LogP contribution is 2.74. The van der Waals surface area contributed by atoms with E-state index >= 15 is 0 Å². The first-order valence-corrected chi connectivity index (χ1v) is 19.2. The summed E-state index contributed by atoms with van der Waals surface area (Å²) < 4.78 is 6.46. The Balaban J connectivity index is 1.17. The maximum atomic E-state index is 14.2. The normalized spacial score (nSPS) is 48.7. The number of nitrogens with two attached hydrogens (primary N) is 1. The van der Waals surface area contributed by atoms with Gasteiger partial charge in [0.2, 0.25) is 0 Å². The largest absolute Gasteiger partial charge is 0.393 e. The van der Waals surface area contributed by atoms with Gasteiger partial charge in [0.1, 0.15) is 12.2 Å². The van der Waals surface area contributed by atoms with Gasteiger partial charge in [-0.05, 0) is 143 Å². The third-order valence-corrected chi connectivity index (χ3v) is 16.1. The van der Waals surface area contributed by atoms with Crippen molar-refractivity contribution in [3.05, 3.63) is 11.1 Å². The molecule has 0 bridgehead atoms. The second kappa shape index (κ2) is 11.3. The first-order valence-electron chi connectivity index (χ1n) is 19.2. The third kappa shape index (κ3) is 4.81. The number of ketones is 1. The second-order valence-electron chi connectivity index (χ2n) is 18.8. The molecule has 3 saturated carbocycles. The first-order chi connectivity index (χ1) is 22.0. The number of hydrogen-bond acceptors (Lipinski definition) is 8. The van der Waals surface area contributed by atoms with Gasteiger partial charge in [-0.25, -0.2) is 0 Å². The van der Waals surface area contributed by atoms with Crippen LogP contribution in [-0.2, 0) is 9.53 Å². The summed E-state index contributed by atoms with van der Waals surface area (Å²) in [4.78, 5) is 14.2. The van der Waals surface area contributed by atoms with Crippen LogP contribution in [0.4, 0.5) is 0 Å². The fourth-order valence-electron chi connectivity index (χ4n) is 12.8. The van der Waals surface area contributed by atoms with Gasteiger partial charge in [0.15, 0.2) is 5.78 Å². The molecule has 0 amide bonds. The quantitative estimate of drug-likeness (QED) is 0.195. The van der Waals surface area contributed by atoms with E-state index in [9.17, 15) is 25.2 Å². The average molecular weight is 657 g/mol. The van der Waals surface area contributed by atoms with Gasteiger partial charge < -0.3 is 36.2 Å². The molecule has 0 aromatic carbocycles. The number of fused-ring (bicyclic) bond motifs is 2. The SMILES string of the molecule is CCC[C@](O)([C@@H]1O[C@@H]1[C@](C)(O)C(C)(C)CCC1CCNC(N)C1)[C@@H]1C[C@H]2CCC3=C4[C@H](CC[C@@]1(C)[C@]42O)[C@]1(C)CC[C@H](O)C[C@H]1C3=O. The number of epoxide rings is 1. The van der Waals surface area contributed by atoms with E-state index in [1.54, 1.807) is 0 Å². The van der Waals surface area contributed by atoms with E-state index in [0.29, 0.717) is 38.0 Å². The van der Waals surface area contributed by atoms with Crippen LogP contribution in [0.2, 0.25) is 0 Å². The van der Waals surface area contributed by atoms with Crippen molar-refractivity contribution in [3.63, 3.8) is 0 Å². The van der Waals surface area contributed by atoms with Crippen molar-refractivity contribution in [2.45, 2.75) is 173 Å². The number of aliphatic hydroxyl groups is 4. The number of ether oxygens (including phenoxy) is 1. The zero-order chi connectivity index (χ0) is 33.9. The van der Waals surface area contributed by atoms with Crippen LogP contribution in [0, 0.1) is 45.8 Å². The van der Waals surface area contributed by atoms with E-state index in [1.165, 1.54) is 0 Å². The van der Waals surface area contributed by atoms with Crippen molar-refractivity contribution in [1.29, 1.82) is 0 Å². The number of allylic oxidation sites excluding steroid dienone is 1. The zero-order valence-corrected chi connectivity index (χ0v) is 30.0. The third-order valence-electron chi connectivity index (χ3n) is 16.1. The lowest BCUT2D eigenvalue weighted by atomic mass is 9.42. The highest BCUT2D eigenvalue weighted by Gasteiger charge is 2.76. The number of carbonyl (C=O) groups is 1. The van der Waals surface area contributed by atoms with Crippen LogP contribution in [0.3, 0.4) is 0 Å². The molecular formula is C39H64N2O6. The number of Topliss-reactive ketones (excluding diaryl/α,β-unsaturated/α-hetero) is 1. The number of carbonyl (C=O) groups excluding carboxylic acids is 1. The van der Waals surface area contributed by atoms with Crippen molar-refractivity contribution in [3.8, 4) is 0 Å². The van der Waals surface area contributed by atoms with Crippen LogP contribution in [0.5, 0.6) is 0 Å². The van der Waals surface area contributed by atoms with Gasteiger partial charge in [-0.3, -0.25) is 4.79 Å². The summed E-state index contributed by atoms with van der Waals surface area (Å²) >= 11 is 0. The molecule has 2 heterocycles. The summed E-state index contributed by atoms with van der Waals surface area (Å²) in [6.07, 6.45) is 9.70. The van der Waals surface area contributed by atoms with E-state index < -0.39 is 45.9 Å². The molecule has 0 aromatic rings. The summed E-state index contributed by atoms with van der Waals surface area (Å²) in [6, 6.07) is 0. The molecule has 5 fully saturated rings. The molecule has 2 saturated heterocycles. The lowest BCUT2D eigenvalue weighted by Crippen LogP contribution is -2.65. The highest BCUT2D eigenvalue weighted by atomic mass is 16.6. The molecule has 14 atom stereocenters. The molecular weight excluding hydrogens is 592 g/mol. The Kier molecular flexibility index (Phi) is 8.32. The Bertz CT molecular complexity index is 1300. The van der Waals surface area contributed by atoms with Crippen molar-refractivity contribution in [1.82, 2.24) is 5.32 Å². The van der Waals surface area contributed by atoms with E-state index in [1.807, 2.05) is 6.92 Å². The molecule has 8 heteroatoms. The van der Waals surface area contributed by atoms with Crippen LogP contribution >= 0.6 is 0 Å². The predicted molar refractivity (Wildman–Crippen MR) is 181 cm³/mol. The van der Waals surface area contributed by atoms with Crippen LogP contribution in [-0.4, -0.2) is 74.0 Å². The van der Waals surface area contributed by atoms with Gasteiger partial charge >= 0.3 is 0 Å². The topological polar surface area (TPSA) is 149 Å². The van der Waals surface area contributed by atoms with E-state index in [4.69, 9.17) is 10.5 Å². The van der Waals surface area contributed by atoms with Gasteiger partial charge in [-0.2, -0.15) is 0 Å². The Morgan fingerprint density at radius 1 is 0.979 bits per heavy atom. The van der Waals surface area contributed by atoms with Crippen molar-refractivity contribution < 1.29 is 30.0 Å². The lowest BCUT2D eigenvalue weighted by Gasteiger charge is -2.63. The maximum absolute atomic E-state index is 14.2. The van der Waals surface area contributed by atoms with Crippen LogP contribution < -0.4 is 11.1 Å². The summed E-state index contributed by atoms with van der Waals surface area (Å²) in [5, 5.41) is 52.3. The van der Waals surface area contributed by atoms with E-state index in [0.717, 1.165) is 75.5 Å². The van der Waals surface area contributed by atoms with E-state index in [2.05, 4.69) is 39.9 Å². The highest BCUT2D eigenvalue weighted by molar-refractivity contribution is 6.00. The molecule has 7 N–H and O–H groups in total. The molecule has 7 aliphatic rings. The minimum atomic E-state index is -1.20. The minimum absolute atomic E-state index is 0.0185. The molecule has 266 valence electrons. The molecule has 2 aliphatic heterocycles. The minimum Gasteiger partial charge on any atom is -0.393 e. The predicted octanol–water partition coefficient (Wildman–Crippen LogP) is 4.75. The molecule has 47 heavy (non-hydrogen) atoms. The van der Waals surface area contributed by atoms with E-state index in [-0.39, 0.29) is 41.0 Å². The smallest absolute Gasteiger partial charge is 0.162 e. The first kappa shape index (κ1) is 34.6. The molecule has 0 aromatic heterocycles.